The molecule has 0 aliphatic rings. The molecular weight excluding hydrogens is 256 g/mol. The van der Waals surface area contributed by atoms with Crippen LogP contribution in [0.1, 0.15) is 30.9 Å². The molecular formula is C14H26N4O2. The van der Waals surface area contributed by atoms with E-state index in [1.807, 2.05) is 27.7 Å². The lowest BCUT2D eigenvalue weighted by atomic mass is 10.1. The van der Waals surface area contributed by atoms with Crippen LogP contribution in [0.5, 0.6) is 0 Å². The summed E-state index contributed by atoms with van der Waals surface area (Å²) in [6.45, 7) is 11.6. The number of aromatic nitrogens is 1. The molecule has 0 saturated carbocycles. The topological polar surface area (TPSA) is 71.7 Å². The van der Waals surface area contributed by atoms with Crippen LogP contribution in [0.25, 0.3) is 0 Å². The molecule has 0 fully saturated rings. The van der Waals surface area contributed by atoms with Gasteiger partial charge in [0, 0.05) is 25.3 Å². The Morgan fingerprint density at radius 1 is 1.30 bits per heavy atom. The summed E-state index contributed by atoms with van der Waals surface area (Å²) in [4.78, 5) is 4.45. The molecule has 0 amide bonds. The molecule has 1 aromatic heterocycles. The first-order valence-corrected chi connectivity index (χ1v) is 7.20. The van der Waals surface area contributed by atoms with Crippen molar-refractivity contribution in [3.8, 4) is 0 Å². The van der Waals surface area contributed by atoms with Crippen LogP contribution < -0.4 is 10.6 Å². The van der Waals surface area contributed by atoms with Gasteiger partial charge in [0.25, 0.3) is 0 Å². The number of nitrogens with zero attached hydrogens (tertiary/aromatic N) is 2. The Balaban J connectivity index is 2.38. The van der Waals surface area contributed by atoms with Crippen LogP contribution in [-0.4, -0.2) is 44.0 Å². The summed E-state index contributed by atoms with van der Waals surface area (Å²) in [7, 11) is 0. The maximum absolute atomic E-state index is 5.27. The average Bonchev–Trinajstić information content (AvgIpc) is 2.75. The monoisotopic (exact) mass is 282 g/mol. The predicted octanol–water partition coefficient (Wildman–Crippen LogP) is 1.43. The molecule has 0 aromatic carbocycles. The second-order valence-corrected chi connectivity index (χ2v) is 4.44. The Kier molecular flexibility index (Phi) is 7.72. The largest absolute Gasteiger partial charge is 0.380 e. The van der Waals surface area contributed by atoms with Gasteiger partial charge in [-0.2, -0.15) is 0 Å². The van der Waals surface area contributed by atoms with Crippen LogP contribution in [0, 0.1) is 13.8 Å². The van der Waals surface area contributed by atoms with Gasteiger partial charge in [-0.25, -0.2) is 0 Å². The number of hydrogen-bond acceptors (Lipinski definition) is 4. The summed E-state index contributed by atoms with van der Waals surface area (Å²) >= 11 is 0. The predicted molar refractivity (Wildman–Crippen MR) is 80.2 cm³/mol. The molecule has 20 heavy (non-hydrogen) atoms. The van der Waals surface area contributed by atoms with Gasteiger partial charge in [0.05, 0.1) is 18.8 Å². The fourth-order valence-electron chi connectivity index (χ4n) is 1.87. The molecule has 0 aliphatic carbocycles. The van der Waals surface area contributed by atoms with Gasteiger partial charge in [0.2, 0.25) is 0 Å². The van der Waals surface area contributed by atoms with E-state index in [-0.39, 0.29) is 0 Å². The van der Waals surface area contributed by atoms with E-state index in [2.05, 4.69) is 20.8 Å². The third-order valence-corrected chi connectivity index (χ3v) is 2.90. The van der Waals surface area contributed by atoms with Gasteiger partial charge in [0.15, 0.2) is 5.96 Å². The summed E-state index contributed by atoms with van der Waals surface area (Å²) in [5.41, 5.74) is 2.13. The molecule has 0 spiro atoms. The molecule has 0 radical (unpaired) electrons. The molecule has 0 unspecified atom stereocenters. The highest BCUT2D eigenvalue weighted by atomic mass is 16.5. The summed E-state index contributed by atoms with van der Waals surface area (Å²) in [6.07, 6.45) is 0.872. The van der Waals surface area contributed by atoms with Crippen molar-refractivity contribution < 1.29 is 9.26 Å². The summed E-state index contributed by atoms with van der Waals surface area (Å²) in [5.74, 6) is 1.71. The average molecular weight is 282 g/mol. The van der Waals surface area contributed by atoms with Crippen molar-refractivity contribution >= 4 is 5.96 Å². The second-order valence-electron chi connectivity index (χ2n) is 4.44. The van der Waals surface area contributed by atoms with Gasteiger partial charge in [-0.15, -0.1) is 0 Å². The minimum Gasteiger partial charge on any atom is -0.380 e. The van der Waals surface area contributed by atoms with Crippen LogP contribution in [0.15, 0.2) is 9.52 Å². The van der Waals surface area contributed by atoms with Crippen LogP contribution in [0.4, 0.5) is 0 Å². The van der Waals surface area contributed by atoms with E-state index in [1.165, 1.54) is 5.56 Å². The highest BCUT2D eigenvalue weighted by Gasteiger charge is 2.08. The third kappa shape index (κ3) is 5.61. The molecule has 1 rings (SSSR count). The number of rotatable bonds is 8. The number of hydrogen-bond donors (Lipinski definition) is 2. The fourth-order valence-corrected chi connectivity index (χ4v) is 1.87. The van der Waals surface area contributed by atoms with Gasteiger partial charge >= 0.3 is 0 Å². The van der Waals surface area contributed by atoms with Crippen molar-refractivity contribution in [2.75, 3.05) is 32.8 Å². The first kappa shape index (κ1) is 16.5. The molecule has 0 saturated heterocycles. The Bertz CT molecular complexity index is 396. The van der Waals surface area contributed by atoms with Gasteiger partial charge in [-0.05, 0) is 34.1 Å². The molecule has 0 bridgehead atoms. The molecule has 1 heterocycles. The van der Waals surface area contributed by atoms with Gasteiger partial charge in [-0.1, -0.05) is 5.16 Å². The molecule has 6 heteroatoms. The minimum absolute atomic E-state index is 0.650. The Labute approximate surface area is 121 Å². The van der Waals surface area contributed by atoms with E-state index in [4.69, 9.17) is 9.26 Å². The summed E-state index contributed by atoms with van der Waals surface area (Å²) in [6, 6.07) is 0. The van der Waals surface area contributed by atoms with Crippen molar-refractivity contribution in [3.63, 3.8) is 0 Å². The Morgan fingerprint density at radius 3 is 2.70 bits per heavy atom. The number of nitrogens with one attached hydrogen (secondary N) is 2. The van der Waals surface area contributed by atoms with E-state index in [9.17, 15) is 0 Å². The van der Waals surface area contributed by atoms with Crippen LogP contribution in [-0.2, 0) is 11.2 Å². The van der Waals surface area contributed by atoms with Gasteiger partial charge < -0.3 is 19.9 Å². The van der Waals surface area contributed by atoms with Gasteiger partial charge in [0.1, 0.15) is 5.76 Å². The SMILES string of the molecule is CCNC(=NCCOCC)NCCc1c(C)noc1C. The molecule has 6 nitrogen and oxygen atoms in total. The van der Waals surface area contributed by atoms with Crippen molar-refractivity contribution in [3.05, 3.63) is 17.0 Å². The standard InChI is InChI=1S/C14H26N4O2/c1-5-15-14(17-9-10-19-6-2)16-8-7-13-11(3)18-20-12(13)4/h5-10H2,1-4H3,(H2,15,16,17). The van der Waals surface area contributed by atoms with E-state index in [0.717, 1.165) is 43.5 Å². The quantitative estimate of drug-likeness (QED) is 0.429. The van der Waals surface area contributed by atoms with Crippen molar-refractivity contribution in [1.82, 2.24) is 15.8 Å². The van der Waals surface area contributed by atoms with E-state index in [1.54, 1.807) is 0 Å². The summed E-state index contributed by atoms with van der Waals surface area (Å²) < 4.78 is 10.4. The Morgan fingerprint density at radius 2 is 2.10 bits per heavy atom. The third-order valence-electron chi connectivity index (χ3n) is 2.90. The van der Waals surface area contributed by atoms with Crippen LogP contribution >= 0.6 is 0 Å². The number of aryl methyl sites for hydroxylation is 2. The second kappa shape index (κ2) is 9.36. The Hall–Kier alpha value is -1.56. The number of guanidine groups is 1. The van der Waals surface area contributed by atoms with Crippen molar-refractivity contribution in [2.45, 2.75) is 34.1 Å². The maximum atomic E-state index is 5.27. The maximum Gasteiger partial charge on any atom is 0.191 e. The zero-order valence-corrected chi connectivity index (χ0v) is 13.0. The lowest BCUT2D eigenvalue weighted by Crippen LogP contribution is -2.38. The molecule has 0 atom stereocenters. The van der Waals surface area contributed by atoms with E-state index in [0.29, 0.717) is 13.2 Å². The smallest absolute Gasteiger partial charge is 0.191 e. The summed E-state index contributed by atoms with van der Waals surface area (Å²) in [5, 5.41) is 10.5. The molecule has 114 valence electrons. The number of ether oxygens (including phenoxy) is 1. The molecule has 1 aromatic rings. The molecule has 2 N–H and O–H groups in total. The van der Waals surface area contributed by atoms with Crippen LogP contribution in [0.3, 0.4) is 0 Å². The highest BCUT2D eigenvalue weighted by Crippen LogP contribution is 2.11. The zero-order valence-electron chi connectivity index (χ0n) is 13.0. The van der Waals surface area contributed by atoms with E-state index >= 15 is 0 Å². The minimum atomic E-state index is 0.650. The first-order chi connectivity index (χ1) is 9.69. The lowest BCUT2D eigenvalue weighted by Gasteiger charge is -2.11. The van der Waals surface area contributed by atoms with Gasteiger partial charge in [-0.3, -0.25) is 4.99 Å². The number of aliphatic imine (C=N–C) groups is 1. The zero-order chi connectivity index (χ0) is 14.8. The fraction of sp³-hybridized carbons (Fsp3) is 0.714. The van der Waals surface area contributed by atoms with Crippen molar-refractivity contribution in [2.24, 2.45) is 4.99 Å². The highest BCUT2D eigenvalue weighted by molar-refractivity contribution is 5.79. The van der Waals surface area contributed by atoms with E-state index < -0.39 is 0 Å². The molecule has 0 aliphatic heterocycles. The van der Waals surface area contributed by atoms with Crippen LogP contribution in [0.2, 0.25) is 0 Å². The first-order valence-electron chi connectivity index (χ1n) is 7.20. The lowest BCUT2D eigenvalue weighted by molar-refractivity contribution is 0.155. The van der Waals surface area contributed by atoms with Crippen molar-refractivity contribution in [1.29, 1.82) is 0 Å². The normalized spacial score (nSPS) is 11.7.